The lowest BCUT2D eigenvalue weighted by Crippen LogP contribution is -2.32. The topological polar surface area (TPSA) is 76.0 Å². The second kappa shape index (κ2) is 5.97. The van der Waals surface area contributed by atoms with Crippen LogP contribution in [0.15, 0.2) is 12.4 Å². The highest BCUT2D eigenvalue weighted by Crippen LogP contribution is 1.94. The summed E-state index contributed by atoms with van der Waals surface area (Å²) >= 11 is 0. The van der Waals surface area contributed by atoms with E-state index in [0.717, 1.165) is 5.82 Å². The molecule has 92 valence electrons. The molecule has 0 radical (unpaired) electrons. The van der Waals surface area contributed by atoms with Crippen molar-refractivity contribution in [2.24, 2.45) is 7.05 Å². The molecule has 0 aliphatic rings. The number of aromatic nitrogens is 2. The minimum absolute atomic E-state index is 0.101. The summed E-state index contributed by atoms with van der Waals surface area (Å²) in [5.41, 5.74) is 0. The van der Waals surface area contributed by atoms with Crippen molar-refractivity contribution in [2.75, 3.05) is 25.9 Å². The van der Waals surface area contributed by atoms with E-state index in [-0.39, 0.29) is 5.75 Å². The zero-order chi connectivity index (χ0) is 12.0. The highest BCUT2D eigenvalue weighted by molar-refractivity contribution is 7.89. The Hall–Kier alpha value is -0.920. The number of imidazole rings is 1. The fourth-order valence-electron chi connectivity index (χ4n) is 1.26. The lowest BCUT2D eigenvalue weighted by atomic mass is 10.4. The van der Waals surface area contributed by atoms with Gasteiger partial charge in [-0.05, 0) is 7.05 Å². The molecule has 0 fully saturated rings. The Morgan fingerprint density at radius 1 is 1.44 bits per heavy atom. The molecule has 0 saturated heterocycles. The Labute approximate surface area is 96.1 Å². The first-order valence-electron chi connectivity index (χ1n) is 5.13. The SMILES string of the molecule is CNCCS(=O)(=O)NCCc1nccn1C. The number of nitrogens with one attached hydrogen (secondary N) is 2. The first-order valence-corrected chi connectivity index (χ1v) is 6.78. The monoisotopic (exact) mass is 246 g/mol. The predicted molar refractivity (Wildman–Crippen MR) is 62.6 cm³/mol. The van der Waals surface area contributed by atoms with Crippen molar-refractivity contribution in [1.29, 1.82) is 0 Å². The number of sulfonamides is 1. The Balaban J connectivity index is 2.33. The summed E-state index contributed by atoms with van der Waals surface area (Å²) in [7, 11) is 0.453. The van der Waals surface area contributed by atoms with E-state index in [2.05, 4.69) is 15.0 Å². The van der Waals surface area contributed by atoms with Crippen molar-refractivity contribution >= 4 is 10.0 Å². The molecule has 0 aliphatic heterocycles. The summed E-state index contributed by atoms with van der Waals surface area (Å²) in [6.45, 7) is 0.842. The van der Waals surface area contributed by atoms with E-state index in [4.69, 9.17) is 0 Å². The molecular formula is C9H18N4O2S. The van der Waals surface area contributed by atoms with Crippen molar-refractivity contribution in [2.45, 2.75) is 6.42 Å². The van der Waals surface area contributed by atoms with E-state index in [0.29, 0.717) is 19.5 Å². The summed E-state index contributed by atoms with van der Waals surface area (Å²) in [4.78, 5) is 4.11. The summed E-state index contributed by atoms with van der Waals surface area (Å²) in [6, 6.07) is 0. The van der Waals surface area contributed by atoms with Crippen LogP contribution in [0.1, 0.15) is 5.82 Å². The second-order valence-electron chi connectivity index (χ2n) is 3.52. The van der Waals surface area contributed by atoms with Crippen LogP contribution in [0.2, 0.25) is 0 Å². The van der Waals surface area contributed by atoms with Gasteiger partial charge >= 0.3 is 0 Å². The molecule has 0 aromatic carbocycles. The number of rotatable bonds is 7. The molecule has 2 N–H and O–H groups in total. The first-order chi connectivity index (χ1) is 7.55. The van der Waals surface area contributed by atoms with E-state index < -0.39 is 10.0 Å². The van der Waals surface area contributed by atoms with Crippen molar-refractivity contribution in [1.82, 2.24) is 19.6 Å². The largest absolute Gasteiger partial charge is 0.338 e. The van der Waals surface area contributed by atoms with Gasteiger partial charge in [0.25, 0.3) is 0 Å². The summed E-state index contributed by atoms with van der Waals surface area (Å²) in [6.07, 6.45) is 4.14. The molecule has 0 bridgehead atoms. The van der Waals surface area contributed by atoms with Crippen LogP contribution in [0.3, 0.4) is 0 Å². The summed E-state index contributed by atoms with van der Waals surface area (Å²) < 4.78 is 27.3. The van der Waals surface area contributed by atoms with Crippen molar-refractivity contribution < 1.29 is 8.42 Å². The maximum Gasteiger partial charge on any atom is 0.212 e. The molecule has 1 rings (SSSR count). The minimum Gasteiger partial charge on any atom is -0.338 e. The van der Waals surface area contributed by atoms with Crippen LogP contribution in [0, 0.1) is 0 Å². The number of hydrogen-bond acceptors (Lipinski definition) is 4. The van der Waals surface area contributed by atoms with Crippen LogP contribution in [-0.4, -0.2) is 43.9 Å². The lowest BCUT2D eigenvalue weighted by Gasteiger charge is -2.06. The van der Waals surface area contributed by atoms with E-state index in [9.17, 15) is 8.42 Å². The molecule has 1 heterocycles. The zero-order valence-corrected chi connectivity index (χ0v) is 10.4. The van der Waals surface area contributed by atoms with Gasteiger partial charge in [0.1, 0.15) is 5.82 Å². The molecule has 1 aromatic rings. The molecule has 0 unspecified atom stereocenters. The second-order valence-corrected chi connectivity index (χ2v) is 5.45. The maximum atomic E-state index is 11.4. The maximum absolute atomic E-state index is 11.4. The third-order valence-corrected chi connectivity index (χ3v) is 3.60. The van der Waals surface area contributed by atoms with Gasteiger partial charge in [-0.3, -0.25) is 0 Å². The fourth-order valence-corrected chi connectivity index (χ4v) is 2.29. The molecule has 6 nitrogen and oxygen atoms in total. The Morgan fingerprint density at radius 3 is 2.75 bits per heavy atom. The van der Waals surface area contributed by atoms with Crippen LogP contribution >= 0.6 is 0 Å². The van der Waals surface area contributed by atoms with Crippen molar-refractivity contribution in [3.05, 3.63) is 18.2 Å². The molecule has 0 spiro atoms. The third-order valence-electron chi connectivity index (χ3n) is 2.21. The van der Waals surface area contributed by atoms with Gasteiger partial charge in [-0.15, -0.1) is 0 Å². The highest BCUT2D eigenvalue weighted by atomic mass is 32.2. The number of hydrogen-bond donors (Lipinski definition) is 2. The Kier molecular flexibility index (Phi) is 4.91. The van der Waals surface area contributed by atoms with Gasteiger partial charge in [-0.1, -0.05) is 0 Å². The van der Waals surface area contributed by atoms with Crippen molar-refractivity contribution in [3.63, 3.8) is 0 Å². The zero-order valence-electron chi connectivity index (χ0n) is 9.60. The smallest absolute Gasteiger partial charge is 0.212 e. The van der Waals surface area contributed by atoms with Crippen LogP contribution in [0.4, 0.5) is 0 Å². The van der Waals surface area contributed by atoms with Gasteiger partial charge in [0.05, 0.1) is 5.75 Å². The van der Waals surface area contributed by atoms with E-state index >= 15 is 0 Å². The quantitative estimate of drug-likeness (QED) is 0.654. The minimum atomic E-state index is -3.16. The molecule has 0 amide bonds. The third kappa shape index (κ3) is 4.30. The van der Waals surface area contributed by atoms with Gasteiger partial charge in [0.15, 0.2) is 0 Å². The van der Waals surface area contributed by atoms with Gasteiger partial charge in [0.2, 0.25) is 10.0 Å². The van der Waals surface area contributed by atoms with Crippen LogP contribution in [0.25, 0.3) is 0 Å². The molecule has 16 heavy (non-hydrogen) atoms. The van der Waals surface area contributed by atoms with Gasteiger partial charge < -0.3 is 9.88 Å². The van der Waals surface area contributed by atoms with Crippen molar-refractivity contribution in [3.8, 4) is 0 Å². The number of nitrogens with zero attached hydrogens (tertiary/aromatic N) is 2. The Morgan fingerprint density at radius 2 is 2.19 bits per heavy atom. The summed E-state index contributed by atoms with van der Waals surface area (Å²) in [5, 5.41) is 2.80. The van der Waals surface area contributed by atoms with Crippen LogP contribution in [-0.2, 0) is 23.5 Å². The molecular weight excluding hydrogens is 228 g/mol. The van der Waals surface area contributed by atoms with Gasteiger partial charge in [0, 0.05) is 39.0 Å². The first kappa shape index (κ1) is 13.1. The Bertz CT molecular complexity index is 413. The molecule has 0 saturated carbocycles. The summed E-state index contributed by atoms with van der Waals surface area (Å²) in [5.74, 6) is 0.973. The van der Waals surface area contributed by atoms with E-state index in [1.54, 1.807) is 13.2 Å². The predicted octanol–water partition coefficient (Wildman–Crippen LogP) is -0.899. The standard InChI is InChI=1S/C9H18N4O2S/c1-10-6-8-16(14,15)12-4-3-9-11-5-7-13(9)2/h5,7,10,12H,3-4,6,8H2,1-2H3. The normalized spacial score (nSPS) is 11.9. The van der Waals surface area contributed by atoms with Crippen LogP contribution in [0.5, 0.6) is 0 Å². The molecule has 1 aromatic heterocycles. The molecule has 0 atom stereocenters. The van der Waals surface area contributed by atoms with Crippen LogP contribution < -0.4 is 10.0 Å². The van der Waals surface area contributed by atoms with Gasteiger partial charge in [-0.25, -0.2) is 18.1 Å². The lowest BCUT2D eigenvalue weighted by molar-refractivity contribution is 0.577. The average Bonchev–Trinajstić information content (AvgIpc) is 2.62. The average molecular weight is 246 g/mol. The molecule has 7 heteroatoms. The molecule has 0 aliphatic carbocycles. The van der Waals surface area contributed by atoms with E-state index in [1.807, 2.05) is 17.8 Å². The van der Waals surface area contributed by atoms with E-state index in [1.165, 1.54) is 0 Å². The fraction of sp³-hybridized carbons (Fsp3) is 0.667. The highest BCUT2D eigenvalue weighted by Gasteiger charge is 2.08. The van der Waals surface area contributed by atoms with Gasteiger partial charge in [-0.2, -0.15) is 0 Å². The number of aryl methyl sites for hydroxylation is 1.